The SMILES string of the molecule is CCOP1(=O)OC(c2cccc(Cl)c2)=C(c2cccc(Cl)c2)c2ccccc21. The molecule has 0 saturated heterocycles. The lowest BCUT2D eigenvalue weighted by Gasteiger charge is -2.30. The summed E-state index contributed by atoms with van der Waals surface area (Å²) < 4.78 is 25.4. The lowest BCUT2D eigenvalue weighted by atomic mass is 9.94. The highest BCUT2D eigenvalue weighted by Gasteiger charge is 2.39. The molecule has 4 rings (SSSR count). The van der Waals surface area contributed by atoms with Crippen molar-refractivity contribution in [3.63, 3.8) is 0 Å². The molecule has 1 unspecified atom stereocenters. The van der Waals surface area contributed by atoms with Crippen LogP contribution in [0.2, 0.25) is 10.0 Å². The summed E-state index contributed by atoms with van der Waals surface area (Å²) in [5, 5.41) is 1.70. The van der Waals surface area contributed by atoms with E-state index in [-0.39, 0.29) is 6.61 Å². The zero-order valence-corrected chi connectivity index (χ0v) is 17.5. The van der Waals surface area contributed by atoms with Crippen LogP contribution in [0.25, 0.3) is 11.3 Å². The van der Waals surface area contributed by atoms with E-state index in [0.29, 0.717) is 21.1 Å². The predicted molar refractivity (Wildman–Crippen MR) is 115 cm³/mol. The second kappa shape index (κ2) is 7.77. The van der Waals surface area contributed by atoms with Gasteiger partial charge in [0.05, 0.1) is 11.9 Å². The van der Waals surface area contributed by atoms with Crippen molar-refractivity contribution >= 4 is 47.4 Å². The normalized spacial score (nSPS) is 18.5. The summed E-state index contributed by atoms with van der Waals surface area (Å²) in [5.74, 6) is 0.459. The van der Waals surface area contributed by atoms with Crippen LogP contribution in [-0.2, 0) is 13.6 Å². The fourth-order valence-electron chi connectivity index (χ4n) is 3.28. The van der Waals surface area contributed by atoms with Crippen LogP contribution in [0.4, 0.5) is 0 Å². The highest BCUT2D eigenvalue weighted by Crippen LogP contribution is 2.57. The molecule has 1 heterocycles. The number of hydrogen-bond donors (Lipinski definition) is 0. The van der Waals surface area contributed by atoms with Gasteiger partial charge in [-0.15, -0.1) is 0 Å². The minimum Gasteiger partial charge on any atom is -0.420 e. The van der Waals surface area contributed by atoms with Crippen molar-refractivity contribution in [3.05, 3.63) is 99.5 Å². The fraction of sp³-hybridized carbons (Fsp3) is 0.0909. The van der Waals surface area contributed by atoms with Crippen LogP contribution in [0.1, 0.15) is 23.6 Å². The van der Waals surface area contributed by atoms with Gasteiger partial charge in [0.2, 0.25) is 0 Å². The molecule has 6 heteroatoms. The minimum absolute atomic E-state index is 0.265. The topological polar surface area (TPSA) is 35.5 Å². The van der Waals surface area contributed by atoms with E-state index < -0.39 is 7.60 Å². The van der Waals surface area contributed by atoms with E-state index in [4.69, 9.17) is 32.2 Å². The predicted octanol–water partition coefficient (Wildman–Crippen LogP) is 6.80. The average Bonchev–Trinajstić information content (AvgIpc) is 2.68. The van der Waals surface area contributed by atoms with Crippen LogP contribution < -0.4 is 5.30 Å². The van der Waals surface area contributed by atoms with Crippen LogP contribution in [0.3, 0.4) is 0 Å². The highest BCUT2D eigenvalue weighted by molar-refractivity contribution is 7.62. The standard InChI is InChI=1S/C22H17Cl2O3P/c1-2-26-28(25)20-12-4-3-11-19(20)21(15-7-5-9-17(23)13-15)22(27-28)16-8-6-10-18(24)14-16/h3-14H,2H2,1H3. The molecule has 1 aliphatic heterocycles. The second-order valence-corrected chi connectivity index (χ2v) is 9.04. The number of fused-ring (bicyclic) bond motifs is 1. The molecule has 0 aromatic heterocycles. The first-order valence-corrected chi connectivity index (χ1v) is 11.1. The molecule has 0 bridgehead atoms. The number of halogens is 2. The Morgan fingerprint density at radius 2 is 1.54 bits per heavy atom. The summed E-state index contributed by atoms with van der Waals surface area (Å²) in [6.07, 6.45) is 0. The van der Waals surface area contributed by atoms with Crippen LogP contribution in [0.5, 0.6) is 0 Å². The van der Waals surface area contributed by atoms with Gasteiger partial charge in [-0.05, 0) is 42.8 Å². The van der Waals surface area contributed by atoms with Crippen molar-refractivity contribution < 1.29 is 13.6 Å². The molecule has 3 aromatic rings. The Hall–Kier alpha value is -2.03. The second-order valence-electron chi connectivity index (χ2n) is 6.25. The molecule has 0 radical (unpaired) electrons. The Morgan fingerprint density at radius 1 is 0.893 bits per heavy atom. The van der Waals surface area contributed by atoms with Gasteiger partial charge >= 0.3 is 7.60 Å². The van der Waals surface area contributed by atoms with E-state index in [1.165, 1.54) is 0 Å². The van der Waals surface area contributed by atoms with E-state index in [0.717, 1.165) is 22.3 Å². The highest BCUT2D eigenvalue weighted by atomic mass is 35.5. The summed E-state index contributed by atoms with van der Waals surface area (Å²) in [4.78, 5) is 0. The van der Waals surface area contributed by atoms with Gasteiger partial charge < -0.3 is 4.52 Å². The third kappa shape index (κ3) is 3.52. The molecule has 3 aromatic carbocycles. The van der Waals surface area contributed by atoms with Crippen molar-refractivity contribution in [2.24, 2.45) is 0 Å². The van der Waals surface area contributed by atoms with Crippen molar-refractivity contribution in [3.8, 4) is 0 Å². The first-order chi connectivity index (χ1) is 13.5. The maximum atomic E-state index is 13.6. The molecule has 0 saturated carbocycles. The molecule has 0 aliphatic carbocycles. The smallest absolute Gasteiger partial charge is 0.411 e. The molecule has 3 nitrogen and oxygen atoms in total. The minimum atomic E-state index is -3.54. The summed E-state index contributed by atoms with van der Waals surface area (Å²) in [7, 11) is -3.54. The maximum Gasteiger partial charge on any atom is 0.411 e. The summed E-state index contributed by atoms with van der Waals surface area (Å²) >= 11 is 12.5. The molecule has 0 spiro atoms. The molecular weight excluding hydrogens is 414 g/mol. The largest absolute Gasteiger partial charge is 0.420 e. The average molecular weight is 431 g/mol. The third-order valence-electron chi connectivity index (χ3n) is 4.41. The van der Waals surface area contributed by atoms with Gasteiger partial charge in [0.1, 0.15) is 5.76 Å². The molecule has 1 aliphatic rings. The number of rotatable bonds is 4. The number of benzene rings is 3. The molecule has 1 atom stereocenters. The Labute approximate surface area is 174 Å². The zero-order chi connectivity index (χ0) is 19.7. The lowest BCUT2D eigenvalue weighted by molar-refractivity contribution is 0.279. The first kappa shape index (κ1) is 19.3. The Bertz CT molecular complexity index is 1120. The maximum absolute atomic E-state index is 13.6. The summed E-state index contributed by atoms with van der Waals surface area (Å²) in [6, 6.07) is 22.2. The van der Waals surface area contributed by atoms with Crippen LogP contribution >= 0.6 is 30.8 Å². The molecule has 28 heavy (non-hydrogen) atoms. The van der Waals surface area contributed by atoms with E-state index in [2.05, 4.69) is 0 Å². The van der Waals surface area contributed by atoms with E-state index in [1.807, 2.05) is 54.6 Å². The lowest BCUT2D eigenvalue weighted by Crippen LogP contribution is -2.20. The van der Waals surface area contributed by atoms with Crippen LogP contribution in [0, 0.1) is 0 Å². The number of hydrogen-bond acceptors (Lipinski definition) is 3. The zero-order valence-electron chi connectivity index (χ0n) is 15.1. The van der Waals surface area contributed by atoms with Gasteiger partial charge in [-0.3, -0.25) is 4.52 Å². The quantitative estimate of drug-likeness (QED) is 0.427. The van der Waals surface area contributed by atoms with Gasteiger partial charge in [0, 0.05) is 26.7 Å². The van der Waals surface area contributed by atoms with Crippen LogP contribution in [-0.4, -0.2) is 6.61 Å². The molecule has 0 amide bonds. The monoisotopic (exact) mass is 430 g/mol. The van der Waals surface area contributed by atoms with Crippen molar-refractivity contribution in [2.45, 2.75) is 6.92 Å². The van der Waals surface area contributed by atoms with E-state index in [1.54, 1.807) is 25.1 Å². The molecule has 0 N–H and O–H groups in total. The Morgan fingerprint density at radius 3 is 2.21 bits per heavy atom. The van der Waals surface area contributed by atoms with Gasteiger partial charge in [-0.1, -0.05) is 65.7 Å². The fourth-order valence-corrected chi connectivity index (χ4v) is 5.48. The summed E-state index contributed by atoms with van der Waals surface area (Å²) in [5.41, 5.74) is 3.17. The molecular formula is C22H17Cl2O3P. The Kier molecular flexibility index (Phi) is 5.35. The van der Waals surface area contributed by atoms with E-state index in [9.17, 15) is 4.57 Å². The molecule has 0 fully saturated rings. The molecule has 142 valence electrons. The third-order valence-corrected chi connectivity index (χ3v) is 6.88. The van der Waals surface area contributed by atoms with Crippen molar-refractivity contribution in [1.82, 2.24) is 0 Å². The van der Waals surface area contributed by atoms with Gasteiger partial charge in [-0.25, -0.2) is 4.57 Å². The van der Waals surface area contributed by atoms with Crippen molar-refractivity contribution in [2.75, 3.05) is 6.61 Å². The van der Waals surface area contributed by atoms with E-state index >= 15 is 0 Å². The Balaban J connectivity index is 2.06. The first-order valence-electron chi connectivity index (χ1n) is 8.82. The van der Waals surface area contributed by atoms with Crippen LogP contribution in [0.15, 0.2) is 72.8 Å². The summed E-state index contributed by atoms with van der Waals surface area (Å²) in [6.45, 7) is 2.06. The van der Waals surface area contributed by atoms with Gasteiger partial charge in [0.25, 0.3) is 0 Å². The van der Waals surface area contributed by atoms with Gasteiger partial charge in [0.15, 0.2) is 0 Å². The van der Waals surface area contributed by atoms with Gasteiger partial charge in [-0.2, -0.15) is 0 Å². The van der Waals surface area contributed by atoms with Crippen molar-refractivity contribution in [1.29, 1.82) is 0 Å².